The van der Waals surface area contributed by atoms with Crippen molar-refractivity contribution in [3.63, 3.8) is 0 Å². The molecule has 1 atom stereocenters. The summed E-state index contributed by atoms with van der Waals surface area (Å²) in [4.78, 5) is 13.5. The van der Waals surface area contributed by atoms with Crippen LogP contribution in [-0.2, 0) is 4.79 Å². The smallest absolute Gasteiger partial charge is 0.236 e. The topological polar surface area (TPSA) is 32.3 Å². The van der Waals surface area contributed by atoms with Crippen molar-refractivity contribution in [1.29, 1.82) is 0 Å². The molecule has 0 heterocycles. The average molecular weight is 242 g/mol. The Labute approximate surface area is 107 Å². The number of nitrogens with one attached hydrogen (secondary N) is 1. The van der Waals surface area contributed by atoms with E-state index in [0.29, 0.717) is 12.5 Å². The maximum atomic E-state index is 11.7. The van der Waals surface area contributed by atoms with E-state index < -0.39 is 0 Å². The van der Waals surface area contributed by atoms with Crippen molar-refractivity contribution in [2.24, 2.45) is 5.92 Å². The van der Waals surface area contributed by atoms with Crippen LogP contribution in [0, 0.1) is 5.92 Å². The number of hydrogen-bond acceptors (Lipinski definition) is 2. The molecule has 0 aromatic rings. The Morgan fingerprint density at radius 3 is 2.41 bits per heavy atom. The summed E-state index contributed by atoms with van der Waals surface area (Å²) in [6.45, 7) is 9.96. The molecule has 0 saturated carbocycles. The lowest BCUT2D eigenvalue weighted by Gasteiger charge is -2.22. The van der Waals surface area contributed by atoms with Crippen LogP contribution in [0.15, 0.2) is 0 Å². The quantitative estimate of drug-likeness (QED) is 0.674. The average Bonchev–Trinajstić information content (AvgIpc) is 2.31. The van der Waals surface area contributed by atoms with Crippen LogP contribution in [0.2, 0.25) is 0 Å². The van der Waals surface area contributed by atoms with Crippen molar-refractivity contribution in [3.05, 3.63) is 0 Å². The molecule has 1 amide bonds. The number of likely N-dealkylation sites (N-methyl/N-ethyl adjacent to an activating group) is 1. The maximum absolute atomic E-state index is 11.7. The van der Waals surface area contributed by atoms with Crippen LogP contribution in [0.1, 0.15) is 53.4 Å². The number of unbranched alkanes of at least 4 members (excludes halogenated alkanes) is 1. The fraction of sp³-hybridized carbons (Fsp3) is 0.929. The minimum Gasteiger partial charge on any atom is -0.342 e. The van der Waals surface area contributed by atoms with Gasteiger partial charge in [-0.1, -0.05) is 33.1 Å². The van der Waals surface area contributed by atoms with E-state index in [-0.39, 0.29) is 11.9 Å². The SMILES string of the molecule is CCCCC(CC)CNCC(=O)N(C)C(C)C. The summed E-state index contributed by atoms with van der Waals surface area (Å²) in [5, 5.41) is 3.29. The lowest BCUT2D eigenvalue weighted by Crippen LogP contribution is -2.40. The van der Waals surface area contributed by atoms with Crippen LogP contribution < -0.4 is 5.32 Å². The van der Waals surface area contributed by atoms with Gasteiger partial charge in [0.1, 0.15) is 0 Å². The van der Waals surface area contributed by atoms with Gasteiger partial charge in [0.15, 0.2) is 0 Å². The second kappa shape index (κ2) is 9.46. The summed E-state index contributed by atoms with van der Waals surface area (Å²) in [6, 6.07) is 0.284. The van der Waals surface area contributed by atoms with Gasteiger partial charge < -0.3 is 10.2 Å². The normalized spacial score (nSPS) is 12.8. The summed E-state index contributed by atoms with van der Waals surface area (Å²) in [5.41, 5.74) is 0. The molecule has 0 rings (SSSR count). The zero-order valence-electron chi connectivity index (χ0n) is 12.3. The van der Waals surface area contributed by atoms with E-state index in [1.54, 1.807) is 4.90 Å². The number of amides is 1. The Bertz CT molecular complexity index is 204. The minimum absolute atomic E-state index is 0.186. The Morgan fingerprint density at radius 1 is 1.29 bits per heavy atom. The lowest BCUT2D eigenvalue weighted by atomic mass is 9.99. The van der Waals surface area contributed by atoms with Crippen molar-refractivity contribution in [2.45, 2.75) is 59.4 Å². The molecule has 0 aromatic carbocycles. The highest BCUT2D eigenvalue weighted by atomic mass is 16.2. The van der Waals surface area contributed by atoms with Gasteiger partial charge in [-0.3, -0.25) is 4.79 Å². The monoisotopic (exact) mass is 242 g/mol. The van der Waals surface area contributed by atoms with Gasteiger partial charge >= 0.3 is 0 Å². The third kappa shape index (κ3) is 7.37. The van der Waals surface area contributed by atoms with E-state index in [4.69, 9.17) is 0 Å². The van der Waals surface area contributed by atoms with Crippen molar-refractivity contribution in [2.75, 3.05) is 20.1 Å². The van der Waals surface area contributed by atoms with Crippen LogP contribution in [0.25, 0.3) is 0 Å². The van der Waals surface area contributed by atoms with E-state index in [1.807, 2.05) is 20.9 Å². The van der Waals surface area contributed by atoms with Crippen LogP contribution >= 0.6 is 0 Å². The third-order valence-corrected chi connectivity index (χ3v) is 3.42. The molecule has 3 heteroatoms. The highest BCUT2D eigenvalue weighted by Crippen LogP contribution is 2.10. The predicted octanol–water partition coefficient (Wildman–Crippen LogP) is 2.66. The van der Waals surface area contributed by atoms with Crippen LogP contribution in [0.5, 0.6) is 0 Å². The van der Waals surface area contributed by atoms with Gasteiger partial charge in [0.25, 0.3) is 0 Å². The fourth-order valence-electron chi connectivity index (χ4n) is 1.74. The molecule has 1 N–H and O–H groups in total. The molecule has 0 bridgehead atoms. The third-order valence-electron chi connectivity index (χ3n) is 3.42. The minimum atomic E-state index is 0.186. The molecule has 17 heavy (non-hydrogen) atoms. The molecule has 102 valence electrons. The van der Waals surface area contributed by atoms with Crippen molar-refractivity contribution in [3.8, 4) is 0 Å². The molecule has 1 unspecified atom stereocenters. The number of hydrogen-bond donors (Lipinski definition) is 1. The first kappa shape index (κ1) is 16.4. The van der Waals surface area contributed by atoms with E-state index >= 15 is 0 Å². The summed E-state index contributed by atoms with van der Waals surface area (Å²) >= 11 is 0. The van der Waals surface area contributed by atoms with Gasteiger partial charge in [-0.15, -0.1) is 0 Å². The molecule has 0 aliphatic carbocycles. The highest BCUT2D eigenvalue weighted by molar-refractivity contribution is 5.78. The number of rotatable bonds is 9. The summed E-state index contributed by atoms with van der Waals surface area (Å²) in [6.07, 6.45) is 5.01. The first-order valence-corrected chi connectivity index (χ1v) is 6.99. The number of carbonyl (C=O) groups is 1. The molecule has 0 fully saturated rings. The second-order valence-electron chi connectivity index (χ2n) is 5.15. The molecule has 0 saturated heterocycles. The highest BCUT2D eigenvalue weighted by Gasteiger charge is 2.12. The largest absolute Gasteiger partial charge is 0.342 e. The van der Waals surface area contributed by atoms with Crippen molar-refractivity contribution >= 4 is 5.91 Å². The lowest BCUT2D eigenvalue weighted by molar-refractivity contribution is -0.130. The molecule has 0 radical (unpaired) electrons. The zero-order valence-corrected chi connectivity index (χ0v) is 12.3. The Hall–Kier alpha value is -0.570. The molecule has 0 aromatic heterocycles. The second-order valence-corrected chi connectivity index (χ2v) is 5.15. The standard InChI is InChI=1S/C14H30N2O/c1-6-8-9-13(7-2)10-15-11-14(17)16(5)12(3)4/h12-13,15H,6-11H2,1-5H3. The van der Waals surface area contributed by atoms with Gasteiger partial charge in [0.2, 0.25) is 5.91 Å². The number of nitrogens with zero attached hydrogens (tertiary/aromatic N) is 1. The molecule has 0 aliphatic rings. The molecular formula is C14H30N2O. The van der Waals surface area contributed by atoms with Gasteiger partial charge in [-0.25, -0.2) is 0 Å². The molecule has 0 spiro atoms. The Balaban J connectivity index is 3.76. The Morgan fingerprint density at radius 2 is 1.94 bits per heavy atom. The van der Waals surface area contributed by atoms with Crippen molar-refractivity contribution < 1.29 is 4.79 Å². The molecule has 3 nitrogen and oxygen atoms in total. The first-order valence-electron chi connectivity index (χ1n) is 6.99. The van der Waals surface area contributed by atoms with Gasteiger partial charge in [-0.05, 0) is 32.7 Å². The summed E-state index contributed by atoms with van der Waals surface area (Å²) < 4.78 is 0. The van der Waals surface area contributed by atoms with E-state index in [0.717, 1.165) is 6.54 Å². The molecule has 0 aliphatic heterocycles. The fourth-order valence-corrected chi connectivity index (χ4v) is 1.74. The summed E-state index contributed by atoms with van der Waals surface area (Å²) in [7, 11) is 1.86. The number of carbonyl (C=O) groups excluding carboxylic acids is 1. The zero-order chi connectivity index (χ0) is 13.3. The van der Waals surface area contributed by atoms with Crippen LogP contribution in [0.3, 0.4) is 0 Å². The maximum Gasteiger partial charge on any atom is 0.236 e. The summed E-state index contributed by atoms with van der Waals surface area (Å²) in [5.74, 6) is 0.900. The first-order chi connectivity index (χ1) is 8.02. The van der Waals surface area contributed by atoms with E-state index in [1.165, 1.54) is 25.7 Å². The van der Waals surface area contributed by atoms with Crippen molar-refractivity contribution in [1.82, 2.24) is 10.2 Å². The van der Waals surface area contributed by atoms with Gasteiger partial charge in [0, 0.05) is 13.1 Å². The van der Waals surface area contributed by atoms with Crippen LogP contribution in [-0.4, -0.2) is 37.0 Å². The van der Waals surface area contributed by atoms with E-state index in [9.17, 15) is 4.79 Å². The van der Waals surface area contributed by atoms with Gasteiger partial charge in [0.05, 0.1) is 6.54 Å². The van der Waals surface area contributed by atoms with Crippen LogP contribution in [0.4, 0.5) is 0 Å². The predicted molar refractivity (Wildman–Crippen MR) is 74.1 cm³/mol. The Kier molecular flexibility index (Phi) is 9.14. The van der Waals surface area contributed by atoms with Gasteiger partial charge in [-0.2, -0.15) is 0 Å². The van der Waals surface area contributed by atoms with E-state index in [2.05, 4.69) is 19.2 Å². The molecular weight excluding hydrogens is 212 g/mol.